The predicted octanol–water partition coefficient (Wildman–Crippen LogP) is 4.21. The average molecular weight is 356 g/mol. The summed E-state index contributed by atoms with van der Waals surface area (Å²) in [5, 5.41) is 2.99. The number of amides is 2. The quantitative estimate of drug-likeness (QED) is 0.764. The highest BCUT2D eigenvalue weighted by molar-refractivity contribution is 6.13. The highest BCUT2D eigenvalue weighted by Crippen LogP contribution is 2.34. The molecule has 0 aromatic heterocycles. The third kappa shape index (κ3) is 3.22. The zero-order valence-electron chi connectivity index (χ0n) is 15.1. The van der Waals surface area contributed by atoms with E-state index in [0.717, 1.165) is 22.5 Å². The zero-order chi connectivity index (χ0) is 18.8. The molecule has 4 heteroatoms. The minimum atomic E-state index is -0.574. The summed E-state index contributed by atoms with van der Waals surface area (Å²) in [5.41, 5.74) is 4.14. The highest BCUT2D eigenvalue weighted by Gasteiger charge is 2.38. The van der Waals surface area contributed by atoms with Crippen molar-refractivity contribution >= 4 is 23.2 Å². The smallest absolute Gasteiger partial charge is 0.259 e. The van der Waals surface area contributed by atoms with Crippen molar-refractivity contribution in [1.29, 1.82) is 0 Å². The van der Waals surface area contributed by atoms with Gasteiger partial charge in [-0.05, 0) is 42.3 Å². The second-order valence-electron chi connectivity index (χ2n) is 6.69. The van der Waals surface area contributed by atoms with Crippen molar-refractivity contribution in [2.75, 3.05) is 10.2 Å². The average Bonchev–Trinajstić information content (AvgIpc) is 3.09. The number of carbonyl (C=O) groups excluding carboxylic acids is 2. The predicted molar refractivity (Wildman–Crippen MR) is 107 cm³/mol. The third-order valence-corrected chi connectivity index (χ3v) is 4.92. The van der Waals surface area contributed by atoms with Crippen molar-refractivity contribution in [2.24, 2.45) is 0 Å². The molecule has 4 nitrogen and oxygen atoms in total. The lowest BCUT2D eigenvalue weighted by Gasteiger charge is -2.25. The molecular weight excluding hydrogens is 336 g/mol. The van der Waals surface area contributed by atoms with Crippen LogP contribution in [0.25, 0.3) is 0 Å². The fourth-order valence-corrected chi connectivity index (χ4v) is 3.50. The van der Waals surface area contributed by atoms with Gasteiger partial charge < -0.3 is 5.32 Å². The van der Waals surface area contributed by atoms with E-state index in [1.807, 2.05) is 73.7 Å². The van der Waals surface area contributed by atoms with E-state index in [-0.39, 0.29) is 11.8 Å². The van der Waals surface area contributed by atoms with Crippen LogP contribution in [-0.4, -0.2) is 17.9 Å². The molecule has 3 aromatic carbocycles. The Labute approximate surface area is 158 Å². The first-order valence-corrected chi connectivity index (χ1v) is 8.98. The minimum Gasteiger partial charge on any atom is -0.324 e. The van der Waals surface area contributed by atoms with Crippen molar-refractivity contribution in [3.05, 3.63) is 95.6 Å². The summed E-state index contributed by atoms with van der Waals surface area (Å²) in [7, 11) is 0. The fraction of sp³-hybridized carbons (Fsp3) is 0.130. The molecule has 3 aromatic rings. The van der Waals surface area contributed by atoms with Gasteiger partial charge in [0.15, 0.2) is 0 Å². The van der Waals surface area contributed by atoms with Crippen LogP contribution in [0.4, 0.5) is 11.4 Å². The van der Waals surface area contributed by atoms with Crippen LogP contribution in [0.1, 0.15) is 21.5 Å². The van der Waals surface area contributed by atoms with Gasteiger partial charge in [-0.1, -0.05) is 54.6 Å². The molecule has 134 valence electrons. The molecule has 0 radical (unpaired) electrons. The summed E-state index contributed by atoms with van der Waals surface area (Å²) >= 11 is 0. The van der Waals surface area contributed by atoms with Crippen LogP contribution in [0.3, 0.4) is 0 Å². The number of para-hydroxylation sites is 2. The number of hydrogen-bond acceptors (Lipinski definition) is 2. The number of rotatable bonds is 3. The van der Waals surface area contributed by atoms with Crippen LogP contribution >= 0.6 is 0 Å². The van der Waals surface area contributed by atoms with Crippen LogP contribution < -0.4 is 10.2 Å². The molecule has 1 atom stereocenters. The third-order valence-electron chi connectivity index (χ3n) is 4.92. The Morgan fingerprint density at radius 3 is 2.33 bits per heavy atom. The standard InChI is InChI=1S/C23H20N2O2/c1-16-9-5-7-13-19(16)24-22(26)21-15-18-12-6-8-14-20(18)25(21)23(27)17-10-3-2-4-11-17/h2-14,21H,15H2,1H3,(H,24,26)/t21-/m1/s1. The summed E-state index contributed by atoms with van der Waals surface area (Å²) in [6.07, 6.45) is 0.506. The SMILES string of the molecule is Cc1ccccc1NC(=O)[C@H]1Cc2ccccc2N1C(=O)c1ccccc1. The maximum atomic E-state index is 13.2. The molecular formula is C23H20N2O2. The molecule has 1 N–H and O–H groups in total. The van der Waals surface area contributed by atoms with Gasteiger partial charge in [-0.2, -0.15) is 0 Å². The second-order valence-corrected chi connectivity index (χ2v) is 6.69. The summed E-state index contributed by atoms with van der Waals surface area (Å²) in [6.45, 7) is 1.95. The molecule has 1 aliphatic rings. The molecule has 0 fully saturated rings. The molecule has 4 rings (SSSR count). The van der Waals surface area contributed by atoms with Crippen molar-refractivity contribution in [3.8, 4) is 0 Å². The maximum absolute atomic E-state index is 13.2. The molecule has 1 heterocycles. The Morgan fingerprint density at radius 2 is 1.56 bits per heavy atom. The second kappa shape index (κ2) is 7.08. The number of fused-ring (bicyclic) bond motifs is 1. The highest BCUT2D eigenvalue weighted by atomic mass is 16.2. The lowest BCUT2D eigenvalue weighted by molar-refractivity contribution is -0.117. The molecule has 1 aliphatic heterocycles. The van der Waals surface area contributed by atoms with E-state index in [2.05, 4.69) is 5.32 Å². The van der Waals surface area contributed by atoms with E-state index in [1.165, 1.54) is 0 Å². The topological polar surface area (TPSA) is 49.4 Å². The molecule has 0 aliphatic carbocycles. The first kappa shape index (κ1) is 17.0. The monoisotopic (exact) mass is 356 g/mol. The van der Waals surface area contributed by atoms with Gasteiger partial charge in [-0.3, -0.25) is 14.5 Å². The lowest BCUT2D eigenvalue weighted by Crippen LogP contribution is -2.45. The summed E-state index contributed by atoms with van der Waals surface area (Å²) in [6, 6.07) is 23.9. The molecule has 27 heavy (non-hydrogen) atoms. The van der Waals surface area contributed by atoms with Crippen molar-refractivity contribution in [1.82, 2.24) is 0 Å². The summed E-state index contributed by atoms with van der Waals surface area (Å²) in [5.74, 6) is -0.338. The first-order chi connectivity index (χ1) is 13.1. The number of aryl methyl sites for hydroxylation is 1. The largest absolute Gasteiger partial charge is 0.324 e. The van der Waals surface area contributed by atoms with Gasteiger partial charge in [0.1, 0.15) is 6.04 Å². The number of nitrogens with zero attached hydrogens (tertiary/aromatic N) is 1. The zero-order valence-corrected chi connectivity index (χ0v) is 15.1. The number of nitrogens with one attached hydrogen (secondary N) is 1. The number of benzene rings is 3. The normalized spacial score (nSPS) is 15.3. The number of hydrogen-bond donors (Lipinski definition) is 1. The van der Waals surface area contributed by atoms with Gasteiger partial charge in [0.2, 0.25) is 5.91 Å². The molecule has 0 bridgehead atoms. The minimum absolute atomic E-state index is 0.162. The van der Waals surface area contributed by atoms with Gasteiger partial charge in [-0.25, -0.2) is 0 Å². The van der Waals surface area contributed by atoms with E-state index in [4.69, 9.17) is 0 Å². The maximum Gasteiger partial charge on any atom is 0.259 e. The van der Waals surface area contributed by atoms with Crippen LogP contribution in [0, 0.1) is 6.92 Å². The Kier molecular flexibility index (Phi) is 4.47. The Balaban J connectivity index is 1.68. The molecule has 0 unspecified atom stereocenters. The van der Waals surface area contributed by atoms with Crippen molar-refractivity contribution in [2.45, 2.75) is 19.4 Å². The van der Waals surface area contributed by atoms with Crippen molar-refractivity contribution in [3.63, 3.8) is 0 Å². The Hall–Kier alpha value is -3.40. The van der Waals surface area contributed by atoms with Crippen LogP contribution in [0.15, 0.2) is 78.9 Å². The van der Waals surface area contributed by atoms with E-state index >= 15 is 0 Å². The van der Waals surface area contributed by atoms with Crippen LogP contribution in [-0.2, 0) is 11.2 Å². The fourth-order valence-electron chi connectivity index (χ4n) is 3.50. The van der Waals surface area contributed by atoms with E-state index in [9.17, 15) is 9.59 Å². The van der Waals surface area contributed by atoms with Gasteiger partial charge in [0.05, 0.1) is 0 Å². The van der Waals surface area contributed by atoms with E-state index in [1.54, 1.807) is 17.0 Å². The van der Waals surface area contributed by atoms with Gasteiger partial charge in [-0.15, -0.1) is 0 Å². The number of carbonyl (C=O) groups is 2. The molecule has 0 spiro atoms. The van der Waals surface area contributed by atoms with Crippen LogP contribution in [0.5, 0.6) is 0 Å². The first-order valence-electron chi connectivity index (χ1n) is 8.98. The Morgan fingerprint density at radius 1 is 0.889 bits per heavy atom. The van der Waals surface area contributed by atoms with E-state index in [0.29, 0.717) is 12.0 Å². The summed E-state index contributed by atoms with van der Waals surface area (Å²) in [4.78, 5) is 27.9. The summed E-state index contributed by atoms with van der Waals surface area (Å²) < 4.78 is 0. The van der Waals surface area contributed by atoms with Crippen LogP contribution in [0.2, 0.25) is 0 Å². The van der Waals surface area contributed by atoms with Gasteiger partial charge in [0.25, 0.3) is 5.91 Å². The molecule has 0 saturated heterocycles. The molecule has 2 amide bonds. The lowest BCUT2D eigenvalue weighted by atomic mass is 10.1. The van der Waals surface area contributed by atoms with Gasteiger partial charge >= 0.3 is 0 Å². The van der Waals surface area contributed by atoms with Crippen molar-refractivity contribution < 1.29 is 9.59 Å². The van der Waals surface area contributed by atoms with Gasteiger partial charge in [0, 0.05) is 23.4 Å². The number of anilines is 2. The Bertz CT molecular complexity index is 998. The van der Waals surface area contributed by atoms with E-state index < -0.39 is 6.04 Å². The molecule has 0 saturated carbocycles.